The Morgan fingerprint density at radius 3 is 2.84 bits per heavy atom. The minimum atomic E-state index is -0.330. The smallest absolute Gasteiger partial charge is 0.224 e. The highest BCUT2D eigenvalue weighted by molar-refractivity contribution is 5.48. The Morgan fingerprint density at radius 2 is 2.12 bits per heavy atom. The van der Waals surface area contributed by atoms with Crippen LogP contribution < -0.4 is 15.0 Å². The molecule has 1 aromatic carbocycles. The molecule has 6 nitrogen and oxygen atoms in total. The Bertz CT molecular complexity index is 746. The molecule has 25 heavy (non-hydrogen) atoms. The lowest BCUT2D eigenvalue weighted by Gasteiger charge is -2.40. The molecule has 0 amide bonds. The van der Waals surface area contributed by atoms with Gasteiger partial charge in [-0.25, -0.2) is 9.37 Å². The molecule has 1 atom stereocenters. The van der Waals surface area contributed by atoms with Crippen molar-refractivity contribution in [1.82, 2.24) is 9.97 Å². The minimum absolute atomic E-state index is 0.0387. The van der Waals surface area contributed by atoms with E-state index in [4.69, 9.17) is 9.47 Å². The zero-order valence-corrected chi connectivity index (χ0v) is 14.1. The van der Waals surface area contributed by atoms with Gasteiger partial charge in [0.05, 0.1) is 25.4 Å². The number of halogens is 1. The first-order valence-corrected chi connectivity index (χ1v) is 8.53. The highest BCUT2D eigenvalue weighted by atomic mass is 19.1. The topological polar surface area (TPSA) is 59.5 Å². The van der Waals surface area contributed by atoms with Gasteiger partial charge in [-0.2, -0.15) is 4.98 Å². The zero-order chi connectivity index (χ0) is 17.2. The molecule has 0 spiro atoms. The van der Waals surface area contributed by atoms with Gasteiger partial charge >= 0.3 is 0 Å². The maximum atomic E-state index is 13.7. The standard InChI is InChI=1S/C18H21FN4O2/c1-20-18-21-15(12-6-7-24-11-12)8-17(22-18)23-9-13(10-23)25-16-5-3-2-4-14(16)19/h2-5,8,12-13H,6-7,9-11H2,1H3,(H,20,21,22)/t12-/m1/s1. The molecule has 0 saturated carbocycles. The third kappa shape index (κ3) is 3.37. The maximum absolute atomic E-state index is 13.7. The van der Waals surface area contributed by atoms with Gasteiger partial charge in [-0.1, -0.05) is 12.1 Å². The van der Waals surface area contributed by atoms with Gasteiger partial charge in [0.2, 0.25) is 5.95 Å². The summed E-state index contributed by atoms with van der Waals surface area (Å²) < 4.78 is 24.9. The molecule has 3 heterocycles. The van der Waals surface area contributed by atoms with Gasteiger partial charge < -0.3 is 19.7 Å². The summed E-state index contributed by atoms with van der Waals surface area (Å²) in [7, 11) is 1.81. The number of benzene rings is 1. The number of para-hydroxylation sites is 1. The molecule has 2 aliphatic heterocycles. The number of rotatable bonds is 5. The quantitative estimate of drug-likeness (QED) is 0.899. The molecular weight excluding hydrogens is 323 g/mol. The van der Waals surface area contributed by atoms with Crippen molar-refractivity contribution in [2.45, 2.75) is 18.4 Å². The Morgan fingerprint density at radius 1 is 1.28 bits per heavy atom. The van der Waals surface area contributed by atoms with Gasteiger partial charge in [-0.3, -0.25) is 0 Å². The molecule has 2 saturated heterocycles. The van der Waals surface area contributed by atoms with Gasteiger partial charge in [0.15, 0.2) is 11.6 Å². The van der Waals surface area contributed by atoms with Crippen LogP contribution in [0, 0.1) is 5.82 Å². The fourth-order valence-electron chi connectivity index (χ4n) is 3.12. The van der Waals surface area contributed by atoms with E-state index in [0.717, 1.165) is 24.5 Å². The lowest BCUT2D eigenvalue weighted by Crippen LogP contribution is -2.54. The van der Waals surface area contributed by atoms with Crippen molar-refractivity contribution >= 4 is 11.8 Å². The van der Waals surface area contributed by atoms with Crippen LogP contribution in [0.3, 0.4) is 0 Å². The number of hydrogen-bond donors (Lipinski definition) is 1. The molecule has 4 rings (SSSR count). The predicted molar refractivity (Wildman–Crippen MR) is 92.8 cm³/mol. The Balaban J connectivity index is 1.44. The highest BCUT2D eigenvalue weighted by Gasteiger charge is 2.31. The summed E-state index contributed by atoms with van der Waals surface area (Å²) in [5.74, 6) is 1.77. The average Bonchev–Trinajstić information content (AvgIpc) is 3.13. The average molecular weight is 344 g/mol. The van der Waals surface area contributed by atoms with Crippen LogP contribution in [0.1, 0.15) is 18.0 Å². The van der Waals surface area contributed by atoms with Crippen molar-refractivity contribution in [3.05, 3.63) is 41.8 Å². The van der Waals surface area contributed by atoms with Crippen LogP contribution in [0.15, 0.2) is 30.3 Å². The monoisotopic (exact) mass is 344 g/mol. The molecule has 0 aliphatic carbocycles. The van der Waals surface area contributed by atoms with Crippen molar-refractivity contribution in [3.63, 3.8) is 0 Å². The summed E-state index contributed by atoms with van der Waals surface area (Å²) in [6, 6.07) is 8.52. The summed E-state index contributed by atoms with van der Waals surface area (Å²) in [4.78, 5) is 11.2. The van der Waals surface area contributed by atoms with Gasteiger partial charge in [0.1, 0.15) is 11.9 Å². The predicted octanol–water partition coefficient (Wildman–Crippen LogP) is 2.43. The van der Waals surface area contributed by atoms with E-state index in [1.807, 2.05) is 13.1 Å². The lowest BCUT2D eigenvalue weighted by atomic mass is 10.0. The fourth-order valence-corrected chi connectivity index (χ4v) is 3.12. The number of nitrogens with one attached hydrogen (secondary N) is 1. The molecule has 0 radical (unpaired) electrons. The Labute approximate surface area is 146 Å². The van der Waals surface area contributed by atoms with E-state index in [-0.39, 0.29) is 11.9 Å². The summed E-state index contributed by atoms with van der Waals surface area (Å²) in [5.41, 5.74) is 1.00. The summed E-state index contributed by atoms with van der Waals surface area (Å²) >= 11 is 0. The van der Waals surface area contributed by atoms with Gasteiger partial charge in [0, 0.05) is 25.6 Å². The molecular formula is C18H21FN4O2. The molecule has 2 aliphatic rings. The maximum Gasteiger partial charge on any atom is 0.224 e. The molecule has 2 aromatic rings. The number of anilines is 2. The zero-order valence-electron chi connectivity index (χ0n) is 14.1. The first-order valence-electron chi connectivity index (χ1n) is 8.53. The molecule has 1 aromatic heterocycles. The van der Waals surface area contributed by atoms with Crippen LogP contribution in [0.2, 0.25) is 0 Å². The third-order valence-corrected chi connectivity index (χ3v) is 4.61. The lowest BCUT2D eigenvalue weighted by molar-refractivity contribution is 0.160. The second-order valence-corrected chi connectivity index (χ2v) is 6.36. The first kappa shape index (κ1) is 16.1. The van der Waals surface area contributed by atoms with E-state index in [1.165, 1.54) is 6.07 Å². The van der Waals surface area contributed by atoms with E-state index in [1.54, 1.807) is 18.2 Å². The molecule has 0 unspecified atom stereocenters. The van der Waals surface area contributed by atoms with Crippen LogP contribution in [-0.4, -0.2) is 49.4 Å². The van der Waals surface area contributed by atoms with E-state index in [2.05, 4.69) is 20.2 Å². The first-order chi connectivity index (χ1) is 12.2. The number of aromatic nitrogens is 2. The molecule has 1 N–H and O–H groups in total. The second kappa shape index (κ2) is 6.84. The SMILES string of the molecule is CNc1nc([C@@H]2CCOC2)cc(N2CC(Oc3ccccc3F)C2)n1. The highest BCUT2D eigenvalue weighted by Crippen LogP contribution is 2.30. The van der Waals surface area contributed by atoms with Crippen LogP contribution in [0.25, 0.3) is 0 Å². The molecule has 132 valence electrons. The van der Waals surface area contributed by atoms with Crippen LogP contribution in [0.4, 0.5) is 16.2 Å². The fraction of sp³-hybridized carbons (Fsp3) is 0.444. The van der Waals surface area contributed by atoms with Crippen molar-refractivity contribution in [1.29, 1.82) is 0 Å². The number of nitrogens with zero attached hydrogens (tertiary/aromatic N) is 3. The Hall–Kier alpha value is -2.41. The normalized spacial score (nSPS) is 20.4. The van der Waals surface area contributed by atoms with Crippen LogP contribution >= 0.6 is 0 Å². The summed E-state index contributed by atoms with van der Waals surface area (Å²) in [6.45, 7) is 2.84. The second-order valence-electron chi connectivity index (χ2n) is 6.36. The van der Waals surface area contributed by atoms with E-state index < -0.39 is 0 Å². The van der Waals surface area contributed by atoms with Gasteiger partial charge in [-0.15, -0.1) is 0 Å². The third-order valence-electron chi connectivity index (χ3n) is 4.61. The van der Waals surface area contributed by atoms with Crippen LogP contribution in [0.5, 0.6) is 5.75 Å². The van der Waals surface area contributed by atoms with E-state index >= 15 is 0 Å². The summed E-state index contributed by atoms with van der Waals surface area (Å²) in [5, 5.41) is 3.02. The minimum Gasteiger partial charge on any atom is -0.484 e. The van der Waals surface area contributed by atoms with E-state index in [0.29, 0.717) is 37.3 Å². The Kier molecular flexibility index (Phi) is 4.40. The van der Waals surface area contributed by atoms with Gasteiger partial charge in [-0.05, 0) is 18.6 Å². The summed E-state index contributed by atoms with van der Waals surface area (Å²) in [6.07, 6.45) is 0.946. The van der Waals surface area contributed by atoms with Gasteiger partial charge in [0.25, 0.3) is 0 Å². The van der Waals surface area contributed by atoms with Crippen LogP contribution in [-0.2, 0) is 4.74 Å². The number of ether oxygens (including phenoxy) is 2. The molecule has 2 fully saturated rings. The van der Waals surface area contributed by atoms with Crippen molar-refractivity contribution in [3.8, 4) is 5.75 Å². The molecule has 7 heteroatoms. The molecule has 0 bridgehead atoms. The number of hydrogen-bond acceptors (Lipinski definition) is 6. The van der Waals surface area contributed by atoms with Crippen molar-refractivity contribution in [2.75, 3.05) is 43.6 Å². The van der Waals surface area contributed by atoms with Crippen molar-refractivity contribution < 1.29 is 13.9 Å². The largest absolute Gasteiger partial charge is 0.484 e. The van der Waals surface area contributed by atoms with Crippen molar-refractivity contribution in [2.24, 2.45) is 0 Å². The van der Waals surface area contributed by atoms with E-state index in [9.17, 15) is 4.39 Å².